The molecule has 9 nitrogen and oxygen atoms in total. The molecule has 28 heavy (non-hydrogen) atoms. The molecule has 0 unspecified atom stereocenters. The molecule has 1 amide bonds. The van der Waals surface area contributed by atoms with E-state index in [9.17, 15) is 4.79 Å². The Bertz CT molecular complexity index is 961. The number of carbonyl (C=O) groups excluding carboxylic acids is 1. The minimum Gasteiger partial charge on any atom is -0.493 e. The molecule has 0 aliphatic carbocycles. The molecule has 3 aromatic rings. The minimum absolute atomic E-state index is 0.305. The lowest BCUT2D eigenvalue weighted by Crippen LogP contribution is -2.18. The molecule has 0 radical (unpaired) electrons. The molecule has 2 heterocycles. The predicted octanol–water partition coefficient (Wildman–Crippen LogP) is 2.75. The molecular weight excluding hydrogens is 362 g/mol. The Kier molecular flexibility index (Phi) is 5.93. The summed E-state index contributed by atoms with van der Waals surface area (Å²) < 4.78 is 17.4. The van der Waals surface area contributed by atoms with E-state index < -0.39 is 0 Å². The normalized spacial score (nSPS) is 10.7. The van der Waals surface area contributed by atoms with Gasteiger partial charge >= 0.3 is 0 Å². The molecule has 3 rings (SSSR count). The lowest BCUT2D eigenvalue weighted by atomic mass is 10.1. The maximum absolute atomic E-state index is 12.9. The van der Waals surface area contributed by atoms with Crippen molar-refractivity contribution < 1.29 is 19.0 Å². The number of anilines is 1. The number of hydrogen-bond donors (Lipinski definition) is 1. The fraction of sp³-hybridized carbons (Fsp3) is 0.368. The van der Waals surface area contributed by atoms with Crippen LogP contribution in [0.25, 0.3) is 5.65 Å². The molecule has 0 fully saturated rings. The van der Waals surface area contributed by atoms with Crippen molar-refractivity contribution >= 4 is 17.5 Å². The first-order chi connectivity index (χ1) is 13.6. The number of aryl methyl sites for hydroxylation is 1. The van der Waals surface area contributed by atoms with Gasteiger partial charge in [0.2, 0.25) is 11.7 Å². The van der Waals surface area contributed by atoms with E-state index >= 15 is 0 Å². The largest absolute Gasteiger partial charge is 0.493 e. The lowest BCUT2D eigenvalue weighted by molar-refractivity contribution is 0.102. The van der Waals surface area contributed by atoms with Crippen LogP contribution in [0.5, 0.6) is 17.2 Å². The Morgan fingerprint density at radius 3 is 2.43 bits per heavy atom. The molecule has 0 atom stereocenters. The van der Waals surface area contributed by atoms with Crippen molar-refractivity contribution in [3.05, 3.63) is 35.8 Å². The highest BCUT2D eigenvalue weighted by molar-refractivity contribution is 6.04. The number of nitrogens with one attached hydrogen (secondary N) is 1. The van der Waals surface area contributed by atoms with E-state index in [2.05, 4.69) is 27.3 Å². The second-order valence-corrected chi connectivity index (χ2v) is 6.04. The van der Waals surface area contributed by atoms with Crippen molar-refractivity contribution in [2.45, 2.75) is 26.2 Å². The summed E-state index contributed by atoms with van der Waals surface area (Å²) in [4.78, 5) is 21.8. The highest BCUT2D eigenvalue weighted by Crippen LogP contribution is 2.38. The van der Waals surface area contributed by atoms with Gasteiger partial charge in [0.1, 0.15) is 5.82 Å². The number of unbranched alkanes of at least 4 members (excludes halogenated alkanes) is 1. The third-order valence-electron chi connectivity index (χ3n) is 4.21. The van der Waals surface area contributed by atoms with Gasteiger partial charge in [-0.05, 0) is 18.6 Å². The summed E-state index contributed by atoms with van der Waals surface area (Å²) in [6, 6.07) is 4.93. The Labute approximate surface area is 162 Å². The van der Waals surface area contributed by atoms with Crippen molar-refractivity contribution in [3.63, 3.8) is 0 Å². The molecule has 0 bridgehead atoms. The van der Waals surface area contributed by atoms with Gasteiger partial charge in [-0.1, -0.05) is 13.3 Å². The third-order valence-corrected chi connectivity index (χ3v) is 4.21. The zero-order chi connectivity index (χ0) is 20.1. The predicted molar refractivity (Wildman–Crippen MR) is 103 cm³/mol. The van der Waals surface area contributed by atoms with E-state index in [1.165, 1.54) is 25.8 Å². The van der Waals surface area contributed by atoms with Gasteiger partial charge in [-0.25, -0.2) is 4.98 Å². The number of ether oxygens (including phenoxy) is 3. The molecule has 2 aromatic heterocycles. The number of fused-ring (bicyclic) bond motifs is 1. The average Bonchev–Trinajstić information content (AvgIpc) is 3.19. The van der Waals surface area contributed by atoms with Crippen LogP contribution in [-0.4, -0.2) is 46.8 Å². The summed E-state index contributed by atoms with van der Waals surface area (Å²) in [5.41, 5.74) is 0.963. The average molecular weight is 385 g/mol. The smallest absolute Gasteiger partial charge is 0.258 e. The number of hydrogen-bond acceptors (Lipinski definition) is 7. The first kappa shape index (κ1) is 19.4. The summed E-state index contributed by atoms with van der Waals surface area (Å²) >= 11 is 0. The number of rotatable bonds is 8. The topological polar surface area (TPSA) is 99.9 Å². The zero-order valence-corrected chi connectivity index (χ0v) is 16.4. The van der Waals surface area contributed by atoms with Crippen LogP contribution < -0.4 is 19.5 Å². The molecule has 9 heteroatoms. The number of methoxy groups -OCH3 is 3. The lowest BCUT2D eigenvalue weighted by Gasteiger charge is -2.14. The van der Waals surface area contributed by atoms with E-state index in [4.69, 9.17) is 14.2 Å². The Morgan fingerprint density at radius 1 is 1.11 bits per heavy atom. The van der Waals surface area contributed by atoms with Crippen LogP contribution in [0.2, 0.25) is 0 Å². The van der Waals surface area contributed by atoms with Crippen LogP contribution in [-0.2, 0) is 6.42 Å². The maximum atomic E-state index is 12.9. The van der Waals surface area contributed by atoms with Crippen molar-refractivity contribution in [2.24, 2.45) is 0 Å². The van der Waals surface area contributed by atoms with E-state index in [-0.39, 0.29) is 5.91 Å². The zero-order valence-electron chi connectivity index (χ0n) is 16.4. The highest BCUT2D eigenvalue weighted by atomic mass is 16.5. The van der Waals surface area contributed by atoms with Crippen LogP contribution >= 0.6 is 0 Å². The van der Waals surface area contributed by atoms with Crippen LogP contribution in [0.3, 0.4) is 0 Å². The number of carbonyl (C=O) groups is 1. The Morgan fingerprint density at radius 2 is 1.82 bits per heavy atom. The quantitative estimate of drug-likeness (QED) is 0.636. The molecule has 0 aliphatic heterocycles. The number of amides is 1. The van der Waals surface area contributed by atoms with Crippen molar-refractivity contribution in [1.29, 1.82) is 0 Å². The molecule has 1 aromatic carbocycles. The molecule has 0 aliphatic rings. The van der Waals surface area contributed by atoms with Gasteiger partial charge in [-0.15, -0.1) is 0 Å². The van der Waals surface area contributed by atoms with Crippen molar-refractivity contribution in [2.75, 3.05) is 26.6 Å². The Balaban J connectivity index is 1.96. The van der Waals surface area contributed by atoms with Gasteiger partial charge in [-0.3, -0.25) is 10.1 Å². The van der Waals surface area contributed by atoms with Gasteiger partial charge in [0, 0.05) is 18.1 Å². The van der Waals surface area contributed by atoms with Crippen molar-refractivity contribution in [1.82, 2.24) is 19.6 Å². The monoisotopic (exact) mass is 385 g/mol. The molecule has 0 spiro atoms. The second kappa shape index (κ2) is 8.55. The molecular formula is C19H23N5O4. The number of aromatic nitrogens is 4. The fourth-order valence-corrected chi connectivity index (χ4v) is 2.78. The SMILES string of the molecule is CCCCc1nc(NC(=O)c2cc(OC)c(OC)c(OC)c2)n2nccc2n1. The van der Waals surface area contributed by atoms with E-state index in [0.717, 1.165) is 19.3 Å². The van der Waals surface area contributed by atoms with Gasteiger partial charge in [0.25, 0.3) is 5.91 Å². The molecule has 1 N–H and O–H groups in total. The van der Waals surface area contributed by atoms with Crippen LogP contribution in [0.15, 0.2) is 24.4 Å². The van der Waals surface area contributed by atoms with Gasteiger partial charge in [0.05, 0.1) is 27.5 Å². The summed E-state index contributed by atoms with van der Waals surface area (Å²) in [5, 5.41) is 6.99. The maximum Gasteiger partial charge on any atom is 0.258 e. The Hall–Kier alpha value is -3.36. The van der Waals surface area contributed by atoms with E-state index in [1.54, 1.807) is 24.4 Å². The summed E-state index contributed by atoms with van der Waals surface area (Å²) in [6.45, 7) is 2.10. The van der Waals surface area contributed by atoms with Crippen LogP contribution in [0.4, 0.5) is 5.95 Å². The van der Waals surface area contributed by atoms with E-state index in [0.29, 0.717) is 40.2 Å². The second-order valence-electron chi connectivity index (χ2n) is 6.04. The standard InChI is InChI=1S/C19H23N5O4/c1-5-6-7-15-21-16-8-9-20-24(16)19(22-15)23-18(25)12-10-13(26-2)17(28-4)14(11-12)27-3/h8-11H,5-7H2,1-4H3,(H,21,22,23,25). The van der Waals surface area contributed by atoms with Crippen LogP contribution in [0.1, 0.15) is 35.9 Å². The third kappa shape index (κ3) is 3.83. The van der Waals surface area contributed by atoms with Crippen molar-refractivity contribution in [3.8, 4) is 17.2 Å². The first-order valence-electron chi connectivity index (χ1n) is 8.93. The minimum atomic E-state index is -0.379. The summed E-state index contributed by atoms with van der Waals surface area (Å²) in [6.07, 6.45) is 4.33. The summed E-state index contributed by atoms with van der Waals surface area (Å²) in [7, 11) is 4.50. The van der Waals surface area contributed by atoms with Gasteiger partial charge in [0.15, 0.2) is 17.1 Å². The molecule has 0 saturated carbocycles. The fourth-order valence-electron chi connectivity index (χ4n) is 2.78. The number of nitrogens with zero attached hydrogens (tertiary/aromatic N) is 4. The van der Waals surface area contributed by atoms with Gasteiger partial charge < -0.3 is 14.2 Å². The number of benzene rings is 1. The van der Waals surface area contributed by atoms with Crippen LogP contribution in [0, 0.1) is 0 Å². The highest BCUT2D eigenvalue weighted by Gasteiger charge is 2.19. The summed E-state index contributed by atoms with van der Waals surface area (Å²) in [5.74, 6) is 1.79. The molecule has 0 saturated heterocycles. The van der Waals surface area contributed by atoms with Gasteiger partial charge in [-0.2, -0.15) is 14.6 Å². The first-order valence-corrected chi connectivity index (χ1v) is 8.93. The molecule has 148 valence electrons. The van der Waals surface area contributed by atoms with E-state index in [1.807, 2.05) is 0 Å².